The minimum Gasteiger partial charge on any atom is -0.377 e. The van der Waals surface area contributed by atoms with E-state index in [2.05, 4.69) is 50.5 Å². The molecule has 2 nitrogen and oxygen atoms in total. The zero-order valence-corrected chi connectivity index (χ0v) is 11.6. The molecule has 0 bridgehead atoms. The molecule has 0 aliphatic rings. The third kappa shape index (κ3) is 4.64. The van der Waals surface area contributed by atoms with Crippen LogP contribution in [0, 0.1) is 0 Å². The highest BCUT2D eigenvalue weighted by atomic mass is 32.1. The van der Waals surface area contributed by atoms with Crippen molar-refractivity contribution in [3.63, 3.8) is 0 Å². The van der Waals surface area contributed by atoms with Crippen LogP contribution < -0.4 is 5.32 Å². The third-order valence-corrected chi connectivity index (χ3v) is 3.72. The summed E-state index contributed by atoms with van der Waals surface area (Å²) in [5, 5.41) is 5.59. The van der Waals surface area contributed by atoms with Gasteiger partial charge in [-0.25, -0.2) is 0 Å². The van der Waals surface area contributed by atoms with Crippen molar-refractivity contribution < 1.29 is 4.74 Å². The highest BCUT2D eigenvalue weighted by Crippen LogP contribution is 2.26. The second-order valence-corrected chi connectivity index (χ2v) is 5.91. The molecule has 0 spiro atoms. The van der Waals surface area contributed by atoms with E-state index in [4.69, 9.17) is 4.74 Å². The molecule has 0 unspecified atom stereocenters. The van der Waals surface area contributed by atoms with E-state index in [0.29, 0.717) is 6.10 Å². The molecule has 16 heavy (non-hydrogen) atoms. The summed E-state index contributed by atoms with van der Waals surface area (Å²) in [4.78, 5) is 1.43. The highest BCUT2D eigenvalue weighted by Gasteiger charge is 2.20. The Balaban J connectivity index is 2.22. The topological polar surface area (TPSA) is 21.3 Å². The molecule has 0 saturated heterocycles. The molecule has 92 valence electrons. The van der Waals surface area contributed by atoms with Crippen molar-refractivity contribution >= 4 is 11.3 Å². The maximum absolute atomic E-state index is 5.49. The first kappa shape index (κ1) is 13.7. The Morgan fingerprint density at radius 3 is 2.75 bits per heavy atom. The van der Waals surface area contributed by atoms with Crippen LogP contribution in [0.1, 0.15) is 32.6 Å². The van der Waals surface area contributed by atoms with Crippen molar-refractivity contribution in [2.24, 2.45) is 0 Å². The van der Waals surface area contributed by atoms with Gasteiger partial charge in [-0.1, -0.05) is 19.9 Å². The molecule has 1 N–H and O–H groups in total. The summed E-state index contributed by atoms with van der Waals surface area (Å²) in [6.45, 7) is 11.4. The van der Waals surface area contributed by atoms with E-state index in [-0.39, 0.29) is 5.41 Å². The molecule has 1 heterocycles. The van der Waals surface area contributed by atoms with Crippen LogP contribution in [-0.4, -0.2) is 25.8 Å². The van der Waals surface area contributed by atoms with Crippen LogP contribution in [0.25, 0.3) is 0 Å². The smallest absolute Gasteiger partial charge is 0.0594 e. The first-order chi connectivity index (χ1) is 7.52. The molecule has 3 heteroatoms. The van der Waals surface area contributed by atoms with Gasteiger partial charge in [0.2, 0.25) is 0 Å². The monoisotopic (exact) mass is 241 g/mol. The van der Waals surface area contributed by atoms with Crippen molar-refractivity contribution in [2.45, 2.75) is 39.2 Å². The zero-order valence-electron chi connectivity index (χ0n) is 10.7. The summed E-state index contributed by atoms with van der Waals surface area (Å²) in [7, 11) is 0. The lowest BCUT2D eigenvalue weighted by atomic mass is 9.91. The molecule has 1 aromatic rings. The van der Waals surface area contributed by atoms with E-state index in [1.165, 1.54) is 4.88 Å². The van der Waals surface area contributed by atoms with Crippen LogP contribution in [0.3, 0.4) is 0 Å². The quantitative estimate of drug-likeness (QED) is 0.741. The van der Waals surface area contributed by atoms with E-state index in [1.54, 1.807) is 0 Å². The van der Waals surface area contributed by atoms with Crippen molar-refractivity contribution in [3.05, 3.63) is 22.4 Å². The molecule has 0 saturated carbocycles. The van der Waals surface area contributed by atoms with Gasteiger partial charge in [-0.3, -0.25) is 0 Å². The van der Waals surface area contributed by atoms with Crippen LogP contribution in [0.5, 0.6) is 0 Å². The Hall–Kier alpha value is -0.380. The molecule has 0 radical (unpaired) electrons. The fraction of sp³-hybridized carbons (Fsp3) is 0.692. The molecule has 1 rings (SSSR count). The van der Waals surface area contributed by atoms with Crippen molar-refractivity contribution in [1.29, 1.82) is 0 Å². The fourth-order valence-electron chi connectivity index (χ4n) is 1.52. The Bertz CT molecular complexity index is 280. The van der Waals surface area contributed by atoms with Gasteiger partial charge < -0.3 is 10.1 Å². The average Bonchev–Trinajstić information content (AvgIpc) is 2.69. The minimum atomic E-state index is 0.214. The molecule has 0 amide bonds. The third-order valence-electron chi connectivity index (χ3n) is 2.49. The normalized spacial score (nSPS) is 12.3. The second kappa shape index (κ2) is 6.38. The Morgan fingerprint density at radius 1 is 1.44 bits per heavy atom. The molecule has 0 aliphatic heterocycles. The van der Waals surface area contributed by atoms with E-state index >= 15 is 0 Å². The first-order valence-corrected chi connectivity index (χ1v) is 6.76. The predicted octanol–water partition coefficient (Wildman–Crippen LogP) is 3.04. The van der Waals surface area contributed by atoms with Crippen LogP contribution in [0.15, 0.2) is 17.5 Å². The van der Waals surface area contributed by atoms with Gasteiger partial charge in [0.25, 0.3) is 0 Å². The van der Waals surface area contributed by atoms with Crippen LogP contribution in [0.4, 0.5) is 0 Å². The van der Waals surface area contributed by atoms with Gasteiger partial charge in [-0.15, -0.1) is 11.3 Å². The van der Waals surface area contributed by atoms with Gasteiger partial charge in [-0.2, -0.15) is 0 Å². The van der Waals surface area contributed by atoms with Crippen molar-refractivity contribution in [3.8, 4) is 0 Å². The average molecular weight is 241 g/mol. The van der Waals surface area contributed by atoms with E-state index in [9.17, 15) is 0 Å². The summed E-state index contributed by atoms with van der Waals surface area (Å²) in [6.07, 6.45) is 0.326. The largest absolute Gasteiger partial charge is 0.377 e. The molecular weight excluding hydrogens is 218 g/mol. The highest BCUT2D eigenvalue weighted by molar-refractivity contribution is 7.10. The van der Waals surface area contributed by atoms with E-state index in [1.807, 2.05) is 11.3 Å². The first-order valence-electron chi connectivity index (χ1n) is 5.88. The standard InChI is InChI=1S/C13H23NOS/c1-11(2)15-8-7-14-10-13(3,4)12-6-5-9-16-12/h5-6,9,11,14H,7-8,10H2,1-4H3. The summed E-state index contributed by atoms with van der Waals surface area (Å²) in [5.41, 5.74) is 0.214. The maximum atomic E-state index is 5.49. The van der Waals surface area contributed by atoms with Crippen molar-refractivity contribution in [1.82, 2.24) is 5.32 Å². The number of ether oxygens (including phenoxy) is 1. The lowest BCUT2D eigenvalue weighted by Crippen LogP contribution is -2.34. The van der Waals surface area contributed by atoms with Crippen LogP contribution in [-0.2, 0) is 10.2 Å². The SMILES string of the molecule is CC(C)OCCNCC(C)(C)c1cccs1. The summed E-state index contributed by atoms with van der Waals surface area (Å²) >= 11 is 1.83. The van der Waals surface area contributed by atoms with E-state index < -0.39 is 0 Å². The summed E-state index contributed by atoms with van der Waals surface area (Å²) < 4.78 is 5.49. The summed E-state index contributed by atoms with van der Waals surface area (Å²) in [6, 6.07) is 4.32. The maximum Gasteiger partial charge on any atom is 0.0594 e. The number of thiophene rings is 1. The Morgan fingerprint density at radius 2 is 2.19 bits per heavy atom. The van der Waals surface area contributed by atoms with Crippen LogP contribution >= 0.6 is 11.3 Å². The van der Waals surface area contributed by atoms with Gasteiger partial charge in [0, 0.05) is 23.4 Å². The molecule has 0 fully saturated rings. The Labute approximate surface area is 103 Å². The van der Waals surface area contributed by atoms with Crippen LogP contribution in [0.2, 0.25) is 0 Å². The molecule has 0 atom stereocenters. The zero-order chi connectivity index (χ0) is 12.0. The van der Waals surface area contributed by atoms with Gasteiger partial charge in [0.1, 0.15) is 0 Å². The van der Waals surface area contributed by atoms with Gasteiger partial charge in [0.15, 0.2) is 0 Å². The Kier molecular flexibility index (Phi) is 5.46. The van der Waals surface area contributed by atoms with Gasteiger partial charge in [0.05, 0.1) is 12.7 Å². The minimum absolute atomic E-state index is 0.214. The lowest BCUT2D eigenvalue weighted by molar-refractivity contribution is 0.0803. The second-order valence-electron chi connectivity index (χ2n) is 4.96. The molecular formula is C13H23NOS. The lowest BCUT2D eigenvalue weighted by Gasteiger charge is -2.23. The fourth-order valence-corrected chi connectivity index (χ4v) is 2.37. The van der Waals surface area contributed by atoms with E-state index in [0.717, 1.165) is 19.7 Å². The number of hydrogen-bond donors (Lipinski definition) is 1. The van der Waals surface area contributed by atoms with Gasteiger partial charge >= 0.3 is 0 Å². The number of rotatable bonds is 7. The van der Waals surface area contributed by atoms with Crippen molar-refractivity contribution in [2.75, 3.05) is 19.7 Å². The molecule has 0 aliphatic carbocycles. The predicted molar refractivity (Wildman–Crippen MR) is 71.3 cm³/mol. The molecule has 1 aromatic heterocycles. The molecule has 0 aromatic carbocycles. The number of nitrogens with one attached hydrogen (secondary N) is 1. The van der Waals surface area contributed by atoms with Gasteiger partial charge in [-0.05, 0) is 25.3 Å². The summed E-state index contributed by atoms with van der Waals surface area (Å²) in [5.74, 6) is 0. The number of hydrogen-bond acceptors (Lipinski definition) is 3.